The number of hydrogen-bond donors (Lipinski definition) is 0. The van der Waals surface area contributed by atoms with E-state index in [4.69, 9.17) is 8.92 Å². The van der Waals surface area contributed by atoms with Crippen LogP contribution in [0.15, 0.2) is 4.90 Å². The van der Waals surface area contributed by atoms with E-state index in [9.17, 15) is 43.7 Å². The van der Waals surface area contributed by atoms with E-state index in [1.54, 1.807) is 0 Å². The van der Waals surface area contributed by atoms with Crippen LogP contribution in [0.3, 0.4) is 0 Å². The Morgan fingerprint density at radius 1 is 1.07 bits per heavy atom. The smallest absolute Gasteiger partial charge is 0.344 e. The molecule has 14 heteroatoms. The Morgan fingerprint density at radius 3 is 2.18 bits per heavy atom. The fraction of sp³-hybridized carbons (Fsp3) is 0.500. The largest absolute Gasteiger partial charge is 0.744 e. The molecule has 1 aliphatic heterocycles. The summed E-state index contributed by atoms with van der Waals surface area (Å²) in [6, 6.07) is 0. The van der Waals surface area contributed by atoms with Gasteiger partial charge in [-0.15, -0.1) is 0 Å². The molecule has 28 heavy (non-hydrogen) atoms. The van der Waals surface area contributed by atoms with Crippen molar-refractivity contribution in [2.24, 2.45) is 11.8 Å². The Kier molecular flexibility index (Phi) is 4.10. The first-order valence-electron chi connectivity index (χ1n) is 7.79. The van der Waals surface area contributed by atoms with Crippen LogP contribution in [0.25, 0.3) is 0 Å². The van der Waals surface area contributed by atoms with Gasteiger partial charge in [0.15, 0.2) is 23.3 Å². The molecule has 5 unspecified atom stereocenters. The summed E-state index contributed by atoms with van der Waals surface area (Å²) >= 11 is 0. The Morgan fingerprint density at radius 2 is 1.64 bits per heavy atom. The highest BCUT2D eigenvalue weighted by Crippen LogP contribution is 2.55. The number of halogens is 4. The van der Waals surface area contributed by atoms with Crippen LogP contribution >= 0.6 is 0 Å². The van der Waals surface area contributed by atoms with Gasteiger partial charge in [0.25, 0.3) is 10.1 Å². The third-order valence-electron chi connectivity index (χ3n) is 5.33. The molecule has 8 nitrogen and oxygen atoms in total. The average molecular weight is 445 g/mol. The van der Waals surface area contributed by atoms with E-state index in [1.165, 1.54) is 0 Å². The zero-order valence-electron chi connectivity index (χ0n) is 13.4. The Labute approximate surface area is 155 Å². The van der Waals surface area contributed by atoms with Gasteiger partial charge >= 0.3 is 5.97 Å². The highest BCUT2D eigenvalue weighted by molar-refractivity contribution is 7.87. The fourth-order valence-electron chi connectivity index (χ4n) is 4.24. The van der Waals surface area contributed by atoms with Gasteiger partial charge in [-0.05, 0) is 12.8 Å². The summed E-state index contributed by atoms with van der Waals surface area (Å²) in [6.07, 6.45) is -1.91. The van der Waals surface area contributed by atoms with Crippen LogP contribution in [-0.2, 0) is 29.2 Å². The summed E-state index contributed by atoms with van der Waals surface area (Å²) in [5.41, 5.74) is -1.87. The number of hydrogen-bond acceptors (Lipinski definition) is 8. The van der Waals surface area contributed by atoms with Crippen molar-refractivity contribution >= 4 is 26.2 Å². The minimum absolute atomic E-state index is 0.0858. The molecule has 1 saturated heterocycles. The number of carbonyl (C=O) groups excluding carboxylic acids is 1. The first-order valence-corrected chi connectivity index (χ1v) is 10.7. The maximum absolute atomic E-state index is 14.0. The van der Waals surface area contributed by atoms with E-state index >= 15 is 0 Å². The second-order valence-electron chi connectivity index (χ2n) is 6.77. The van der Waals surface area contributed by atoms with Crippen LogP contribution in [0, 0.1) is 35.1 Å². The predicted molar refractivity (Wildman–Crippen MR) is 77.2 cm³/mol. The highest BCUT2D eigenvalue weighted by atomic mass is 32.2. The zero-order chi connectivity index (χ0) is 20.8. The highest BCUT2D eigenvalue weighted by Gasteiger charge is 2.65. The Hall–Kier alpha value is -1.77. The molecule has 0 spiro atoms. The van der Waals surface area contributed by atoms with E-state index in [-0.39, 0.29) is 6.42 Å². The van der Waals surface area contributed by atoms with Gasteiger partial charge in [0.2, 0.25) is 0 Å². The second-order valence-corrected chi connectivity index (χ2v) is 9.87. The molecule has 2 bridgehead atoms. The lowest BCUT2D eigenvalue weighted by Gasteiger charge is -2.25. The van der Waals surface area contributed by atoms with Crippen molar-refractivity contribution in [2.75, 3.05) is 0 Å². The number of rotatable bonds is 3. The zero-order valence-corrected chi connectivity index (χ0v) is 15.0. The minimum atomic E-state index is -5.92. The topological polar surface area (TPSA) is 127 Å². The van der Waals surface area contributed by atoms with E-state index in [0.717, 1.165) is 0 Å². The Balaban J connectivity index is 1.69. The van der Waals surface area contributed by atoms with E-state index < -0.39 is 89.2 Å². The van der Waals surface area contributed by atoms with Crippen LogP contribution in [0.5, 0.6) is 0 Å². The summed E-state index contributed by atoms with van der Waals surface area (Å²) in [4.78, 5) is 9.76. The molecule has 3 aliphatic rings. The molecular formula is C14H9F4O8S2-. The van der Waals surface area contributed by atoms with Gasteiger partial charge in [-0.2, -0.15) is 8.42 Å². The lowest BCUT2D eigenvalue weighted by molar-refractivity contribution is -0.0185. The molecule has 2 aliphatic carbocycles. The van der Waals surface area contributed by atoms with Crippen LogP contribution in [-0.4, -0.2) is 44.8 Å². The van der Waals surface area contributed by atoms with Crippen molar-refractivity contribution in [3.63, 3.8) is 0 Å². The molecule has 2 saturated carbocycles. The quantitative estimate of drug-likeness (QED) is 0.220. The van der Waals surface area contributed by atoms with E-state index in [2.05, 4.69) is 0 Å². The molecule has 4 rings (SSSR count). The summed E-state index contributed by atoms with van der Waals surface area (Å²) in [5, 5.41) is -0.776. The third-order valence-corrected chi connectivity index (χ3v) is 7.97. The number of benzene rings is 1. The number of esters is 1. The number of ether oxygens (including phenoxy) is 1. The van der Waals surface area contributed by atoms with Gasteiger partial charge in [-0.1, -0.05) is 0 Å². The SMILES string of the molecule is O=C(OC1C2CC3C1OS(=O)(=O)C3C2)c1c(F)c(F)c(S(=O)(=O)[O-])c(F)c1F. The van der Waals surface area contributed by atoms with Gasteiger partial charge < -0.3 is 9.29 Å². The van der Waals surface area contributed by atoms with Crippen LogP contribution < -0.4 is 0 Å². The van der Waals surface area contributed by atoms with Gasteiger partial charge in [-0.25, -0.2) is 30.8 Å². The maximum Gasteiger partial charge on any atom is 0.344 e. The van der Waals surface area contributed by atoms with Gasteiger partial charge in [0.1, 0.15) is 32.8 Å². The third kappa shape index (κ3) is 2.58. The summed E-state index contributed by atoms with van der Waals surface area (Å²) in [7, 11) is -9.80. The molecule has 1 aromatic rings. The summed E-state index contributed by atoms with van der Waals surface area (Å²) < 4.78 is 122. The van der Waals surface area contributed by atoms with Crippen LogP contribution in [0.1, 0.15) is 23.2 Å². The molecule has 3 fully saturated rings. The maximum atomic E-state index is 14.0. The van der Waals surface area contributed by atoms with Crippen molar-refractivity contribution in [3.8, 4) is 0 Å². The monoisotopic (exact) mass is 445 g/mol. The lowest BCUT2D eigenvalue weighted by atomic mass is 9.94. The van der Waals surface area contributed by atoms with E-state index in [0.29, 0.717) is 6.42 Å². The lowest BCUT2D eigenvalue weighted by Crippen LogP contribution is -2.37. The van der Waals surface area contributed by atoms with Gasteiger partial charge in [0.05, 0.1) is 5.25 Å². The first-order chi connectivity index (χ1) is 12.8. The average Bonchev–Trinajstić information content (AvgIpc) is 3.16. The molecule has 0 N–H and O–H groups in total. The minimum Gasteiger partial charge on any atom is -0.744 e. The molecule has 0 radical (unpaired) electrons. The molecular weight excluding hydrogens is 436 g/mol. The number of carbonyl (C=O) groups is 1. The van der Waals surface area contributed by atoms with Crippen molar-refractivity contribution < 1.29 is 52.7 Å². The molecule has 154 valence electrons. The number of fused-ring (bicyclic) bond motifs is 1. The van der Waals surface area contributed by atoms with Crippen molar-refractivity contribution in [2.45, 2.75) is 35.2 Å². The Bertz CT molecular complexity index is 1090. The van der Waals surface area contributed by atoms with Gasteiger partial charge in [0, 0.05) is 11.8 Å². The fourth-order valence-corrected chi connectivity index (χ4v) is 6.74. The second kappa shape index (κ2) is 5.87. The van der Waals surface area contributed by atoms with Crippen LogP contribution in [0.2, 0.25) is 0 Å². The van der Waals surface area contributed by atoms with Crippen molar-refractivity contribution in [3.05, 3.63) is 28.8 Å². The molecule has 0 aromatic heterocycles. The molecule has 5 atom stereocenters. The molecule has 1 heterocycles. The van der Waals surface area contributed by atoms with Crippen molar-refractivity contribution in [1.29, 1.82) is 0 Å². The summed E-state index contributed by atoms with van der Waals surface area (Å²) in [6.45, 7) is 0. The molecule has 0 amide bonds. The molecule has 1 aromatic carbocycles. The van der Waals surface area contributed by atoms with Gasteiger partial charge in [-0.3, -0.25) is 4.18 Å². The van der Waals surface area contributed by atoms with Crippen molar-refractivity contribution in [1.82, 2.24) is 0 Å². The first kappa shape index (κ1) is 19.5. The standard InChI is InChI=1S/C14H10F4O8S2/c15-7-6(8(16)10(18)13(9(7)17)27(20,21)22)14(19)25-11-3-1-4-5(2-3)28(23,24)26-12(4)11/h3-5,11-12H,1-2H2,(H,20,21,22)/p-1. The predicted octanol–water partition coefficient (Wildman–Crippen LogP) is 0.810. The summed E-state index contributed by atoms with van der Waals surface area (Å²) in [5.74, 6) is -12.8. The normalized spacial score (nSPS) is 32.7. The van der Waals surface area contributed by atoms with E-state index in [1.807, 2.05) is 0 Å². The van der Waals surface area contributed by atoms with Crippen LogP contribution in [0.4, 0.5) is 17.6 Å².